The van der Waals surface area contributed by atoms with E-state index in [1.54, 1.807) is 0 Å². The van der Waals surface area contributed by atoms with Gasteiger partial charge < -0.3 is 14.0 Å². The fourth-order valence-corrected chi connectivity index (χ4v) is 5.38. The van der Waals surface area contributed by atoms with E-state index in [0.717, 1.165) is 40.6 Å². The molecule has 1 saturated carbocycles. The SMILES string of the molecule is COC(=O)C1=Cc2ccccc2-c2c(C3CCCCC3)c3ccc(C(=O)OC)cc3n2C1. The van der Waals surface area contributed by atoms with Gasteiger partial charge in [0.2, 0.25) is 0 Å². The van der Waals surface area contributed by atoms with Crippen LogP contribution in [0.2, 0.25) is 0 Å². The second-order valence-corrected chi connectivity index (χ2v) is 8.66. The van der Waals surface area contributed by atoms with Crippen molar-refractivity contribution in [2.45, 2.75) is 44.6 Å². The summed E-state index contributed by atoms with van der Waals surface area (Å²) in [6.45, 7) is 0.393. The lowest BCUT2D eigenvalue weighted by Crippen LogP contribution is -2.12. The van der Waals surface area contributed by atoms with Crippen molar-refractivity contribution in [3.8, 4) is 11.3 Å². The summed E-state index contributed by atoms with van der Waals surface area (Å²) in [5, 5.41) is 1.15. The quantitative estimate of drug-likeness (QED) is 0.500. The van der Waals surface area contributed by atoms with Crippen molar-refractivity contribution < 1.29 is 19.1 Å². The highest BCUT2D eigenvalue weighted by Gasteiger charge is 2.30. The summed E-state index contributed by atoms with van der Waals surface area (Å²) >= 11 is 0. The first-order chi connectivity index (χ1) is 15.6. The maximum atomic E-state index is 12.6. The molecule has 0 bridgehead atoms. The number of rotatable bonds is 3. The third-order valence-corrected chi connectivity index (χ3v) is 6.86. The molecule has 32 heavy (non-hydrogen) atoms. The lowest BCUT2D eigenvalue weighted by atomic mass is 9.81. The Balaban J connectivity index is 1.84. The molecule has 1 aliphatic carbocycles. The summed E-state index contributed by atoms with van der Waals surface area (Å²) in [5.74, 6) is -0.239. The molecule has 1 aliphatic heterocycles. The molecule has 0 saturated heterocycles. The zero-order valence-electron chi connectivity index (χ0n) is 18.5. The molecule has 2 heterocycles. The van der Waals surface area contributed by atoms with Crippen molar-refractivity contribution in [3.05, 3.63) is 64.7 Å². The fourth-order valence-electron chi connectivity index (χ4n) is 5.38. The van der Waals surface area contributed by atoms with Crippen LogP contribution in [0, 0.1) is 0 Å². The van der Waals surface area contributed by atoms with Gasteiger partial charge in [0.15, 0.2) is 0 Å². The highest BCUT2D eigenvalue weighted by molar-refractivity contribution is 6.02. The van der Waals surface area contributed by atoms with Crippen LogP contribution in [0.3, 0.4) is 0 Å². The third kappa shape index (κ3) is 3.32. The number of benzene rings is 2. The van der Waals surface area contributed by atoms with E-state index in [-0.39, 0.29) is 11.9 Å². The molecule has 3 aromatic rings. The Hall–Kier alpha value is -3.34. The predicted octanol–water partition coefficient (Wildman–Crippen LogP) is 5.71. The second-order valence-electron chi connectivity index (χ2n) is 8.66. The zero-order valence-corrected chi connectivity index (χ0v) is 18.5. The minimum atomic E-state index is -0.362. The van der Waals surface area contributed by atoms with Crippen LogP contribution in [0.5, 0.6) is 0 Å². The molecule has 0 amide bonds. The van der Waals surface area contributed by atoms with Crippen LogP contribution in [0.25, 0.3) is 28.2 Å². The first-order valence-electron chi connectivity index (χ1n) is 11.2. The Labute approximate surface area is 187 Å². The van der Waals surface area contributed by atoms with Gasteiger partial charge in [0.05, 0.1) is 37.6 Å². The smallest absolute Gasteiger partial charge is 0.337 e. The van der Waals surface area contributed by atoms with E-state index < -0.39 is 0 Å². The average Bonchev–Trinajstić information content (AvgIpc) is 3.05. The molecular formula is C27H27NO4. The van der Waals surface area contributed by atoms with E-state index >= 15 is 0 Å². The number of hydrogen-bond donors (Lipinski definition) is 0. The van der Waals surface area contributed by atoms with Crippen molar-refractivity contribution >= 4 is 28.9 Å². The Morgan fingerprint density at radius 3 is 2.44 bits per heavy atom. The fraction of sp³-hybridized carbons (Fsp3) is 0.333. The van der Waals surface area contributed by atoms with Gasteiger partial charge in [-0.3, -0.25) is 0 Å². The largest absolute Gasteiger partial charge is 0.466 e. The molecule has 0 radical (unpaired) electrons. The van der Waals surface area contributed by atoms with E-state index in [9.17, 15) is 9.59 Å². The van der Waals surface area contributed by atoms with Gasteiger partial charge in [0, 0.05) is 16.5 Å². The number of methoxy groups -OCH3 is 2. The number of fused-ring (bicyclic) bond motifs is 5. The molecule has 1 fully saturated rings. The van der Waals surface area contributed by atoms with E-state index in [1.807, 2.05) is 30.3 Å². The van der Waals surface area contributed by atoms with Crippen molar-refractivity contribution in [1.82, 2.24) is 4.57 Å². The maximum absolute atomic E-state index is 12.6. The van der Waals surface area contributed by atoms with E-state index in [2.05, 4.69) is 22.8 Å². The van der Waals surface area contributed by atoms with Gasteiger partial charge in [-0.25, -0.2) is 9.59 Å². The minimum Gasteiger partial charge on any atom is -0.466 e. The molecule has 5 heteroatoms. The number of hydrogen-bond acceptors (Lipinski definition) is 4. The molecule has 0 spiro atoms. The lowest BCUT2D eigenvalue weighted by molar-refractivity contribution is -0.136. The molecule has 0 N–H and O–H groups in total. The summed E-state index contributed by atoms with van der Waals surface area (Å²) in [7, 11) is 2.81. The van der Waals surface area contributed by atoms with Gasteiger partial charge >= 0.3 is 11.9 Å². The predicted molar refractivity (Wildman–Crippen MR) is 125 cm³/mol. The molecule has 2 aromatic carbocycles. The zero-order chi connectivity index (χ0) is 22.2. The lowest BCUT2D eigenvalue weighted by Gasteiger charge is -2.24. The molecule has 0 unspecified atom stereocenters. The summed E-state index contributed by atoms with van der Waals surface area (Å²) in [4.78, 5) is 24.9. The van der Waals surface area contributed by atoms with Gasteiger partial charge in [0.25, 0.3) is 0 Å². The van der Waals surface area contributed by atoms with E-state index in [4.69, 9.17) is 9.47 Å². The molecule has 5 nitrogen and oxygen atoms in total. The minimum absolute atomic E-state index is 0.335. The summed E-state index contributed by atoms with van der Waals surface area (Å²) in [5.41, 5.74) is 6.67. The van der Waals surface area contributed by atoms with Crippen LogP contribution >= 0.6 is 0 Å². The van der Waals surface area contributed by atoms with Crippen molar-refractivity contribution in [3.63, 3.8) is 0 Å². The van der Waals surface area contributed by atoms with Gasteiger partial charge in [0.1, 0.15) is 0 Å². The number of esters is 2. The monoisotopic (exact) mass is 429 g/mol. The maximum Gasteiger partial charge on any atom is 0.337 e. The number of nitrogens with zero attached hydrogens (tertiary/aromatic N) is 1. The van der Waals surface area contributed by atoms with Crippen molar-refractivity contribution in [2.75, 3.05) is 14.2 Å². The van der Waals surface area contributed by atoms with Crippen LogP contribution in [-0.4, -0.2) is 30.7 Å². The van der Waals surface area contributed by atoms with Gasteiger partial charge in [-0.1, -0.05) is 49.6 Å². The topological polar surface area (TPSA) is 57.5 Å². The number of carbonyl (C=O) groups excluding carboxylic acids is 2. The molecule has 5 rings (SSSR count). The molecule has 2 aliphatic rings. The standard InChI is InChI=1S/C27H27NO4/c1-31-26(29)19-12-13-22-23(15-19)28-16-20(27(30)32-2)14-18-10-6-7-11-21(18)25(28)24(22)17-8-4-3-5-9-17/h6-7,10-15,17H,3-5,8-9,16H2,1-2H3. The Kier molecular flexibility index (Phi) is 5.33. The summed E-state index contributed by atoms with van der Waals surface area (Å²) in [6, 6.07) is 14.0. The number of aromatic nitrogens is 1. The first kappa shape index (κ1) is 20.6. The molecule has 1 aromatic heterocycles. The van der Waals surface area contributed by atoms with E-state index in [0.29, 0.717) is 23.6 Å². The number of carbonyl (C=O) groups is 2. The number of ether oxygens (including phenoxy) is 2. The van der Waals surface area contributed by atoms with Crippen LogP contribution < -0.4 is 0 Å². The average molecular weight is 430 g/mol. The molecule has 0 atom stereocenters. The molecular weight excluding hydrogens is 402 g/mol. The normalized spacial score (nSPS) is 16.0. The Morgan fingerprint density at radius 2 is 1.69 bits per heavy atom. The van der Waals surface area contributed by atoms with Gasteiger partial charge in [-0.15, -0.1) is 0 Å². The second kappa shape index (κ2) is 8.30. The van der Waals surface area contributed by atoms with Gasteiger partial charge in [-0.05, 0) is 48.1 Å². The van der Waals surface area contributed by atoms with Crippen LogP contribution in [0.15, 0.2) is 48.0 Å². The molecule has 164 valence electrons. The third-order valence-electron chi connectivity index (χ3n) is 6.86. The first-order valence-corrected chi connectivity index (χ1v) is 11.2. The Bertz CT molecular complexity index is 1240. The van der Waals surface area contributed by atoms with Crippen LogP contribution in [0.4, 0.5) is 0 Å². The van der Waals surface area contributed by atoms with Crippen molar-refractivity contribution in [1.29, 1.82) is 0 Å². The summed E-state index contributed by atoms with van der Waals surface area (Å²) in [6.07, 6.45) is 7.99. The van der Waals surface area contributed by atoms with E-state index in [1.165, 1.54) is 39.0 Å². The Morgan fingerprint density at radius 1 is 0.938 bits per heavy atom. The summed E-state index contributed by atoms with van der Waals surface area (Å²) < 4.78 is 12.3. The van der Waals surface area contributed by atoms with Crippen LogP contribution in [0.1, 0.15) is 59.5 Å². The van der Waals surface area contributed by atoms with Gasteiger partial charge in [-0.2, -0.15) is 0 Å². The van der Waals surface area contributed by atoms with Crippen molar-refractivity contribution in [2.24, 2.45) is 0 Å². The highest BCUT2D eigenvalue weighted by atomic mass is 16.5. The highest BCUT2D eigenvalue weighted by Crippen LogP contribution is 2.46. The van der Waals surface area contributed by atoms with Crippen LogP contribution in [-0.2, 0) is 20.8 Å².